The van der Waals surface area contributed by atoms with Gasteiger partial charge in [-0.2, -0.15) is 0 Å². The molecule has 1 fully saturated rings. The SMILES string of the molecule is CCCC1(C=O)CCC(C)(C)CC1. The molecule has 0 aromatic carbocycles. The summed E-state index contributed by atoms with van der Waals surface area (Å²) >= 11 is 0. The van der Waals surface area contributed by atoms with Crippen LogP contribution in [0.15, 0.2) is 0 Å². The van der Waals surface area contributed by atoms with E-state index in [9.17, 15) is 4.79 Å². The fraction of sp³-hybridized carbons (Fsp3) is 0.917. The topological polar surface area (TPSA) is 17.1 Å². The van der Waals surface area contributed by atoms with E-state index in [4.69, 9.17) is 0 Å². The summed E-state index contributed by atoms with van der Waals surface area (Å²) in [6.07, 6.45) is 8.10. The van der Waals surface area contributed by atoms with Gasteiger partial charge in [0, 0.05) is 5.41 Å². The van der Waals surface area contributed by atoms with E-state index >= 15 is 0 Å². The average Bonchev–Trinajstić information content (AvgIpc) is 2.10. The van der Waals surface area contributed by atoms with Gasteiger partial charge in [0.1, 0.15) is 6.29 Å². The molecule has 1 nitrogen and oxygen atoms in total. The van der Waals surface area contributed by atoms with Gasteiger partial charge in [0.2, 0.25) is 0 Å². The summed E-state index contributed by atoms with van der Waals surface area (Å²) in [6, 6.07) is 0. The second kappa shape index (κ2) is 3.81. The predicted molar refractivity (Wildman–Crippen MR) is 55.7 cm³/mol. The zero-order valence-corrected chi connectivity index (χ0v) is 9.23. The molecule has 1 heteroatoms. The van der Waals surface area contributed by atoms with Crippen molar-refractivity contribution in [2.24, 2.45) is 10.8 Å². The molecule has 0 heterocycles. The third-order valence-corrected chi connectivity index (χ3v) is 3.60. The number of hydrogen-bond acceptors (Lipinski definition) is 1. The molecule has 0 saturated heterocycles. The van der Waals surface area contributed by atoms with Crippen LogP contribution in [0.2, 0.25) is 0 Å². The molecule has 0 bridgehead atoms. The first-order valence-electron chi connectivity index (χ1n) is 5.50. The quantitative estimate of drug-likeness (QED) is 0.610. The highest BCUT2D eigenvalue weighted by molar-refractivity contribution is 5.59. The Hall–Kier alpha value is -0.330. The first-order chi connectivity index (χ1) is 6.04. The number of carbonyl (C=O) groups excluding carboxylic acids is 1. The van der Waals surface area contributed by atoms with Crippen LogP contribution >= 0.6 is 0 Å². The van der Waals surface area contributed by atoms with Crippen LogP contribution < -0.4 is 0 Å². The van der Waals surface area contributed by atoms with Crippen LogP contribution in [-0.2, 0) is 4.79 Å². The summed E-state index contributed by atoms with van der Waals surface area (Å²) in [5, 5.41) is 0. The lowest BCUT2D eigenvalue weighted by Crippen LogP contribution is -2.32. The summed E-state index contributed by atoms with van der Waals surface area (Å²) in [5.74, 6) is 0. The molecule has 0 amide bonds. The van der Waals surface area contributed by atoms with Crippen molar-refractivity contribution in [3.8, 4) is 0 Å². The summed E-state index contributed by atoms with van der Waals surface area (Å²) < 4.78 is 0. The molecule has 0 unspecified atom stereocenters. The second-order valence-electron chi connectivity index (χ2n) is 5.39. The van der Waals surface area contributed by atoms with Gasteiger partial charge in [-0.15, -0.1) is 0 Å². The normalized spacial score (nSPS) is 25.5. The molecular formula is C12H22O. The van der Waals surface area contributed by atoms with Crippen LogP contribution in [0.4, 0.5) is 0 Å². The number of rotatable bonds is 3. The third-order valence-electron chi connectivity index (χ3n) is 3.60. The van der Waals surface area contributed by atoms with E-state index in [1.165, 1.54) is 19.1 Å². The zero-order valence-electron chi connectivity index (χ0n) is 9.23. The van der Waals surface area contributed by atoms with E-state index in [1.54, 1.807) is 0 Å². The molecule has 76 valence electrons. The largest absolute Gasteiger partial charge is 0.303 e. The van der Waals surface area contributed by atoms with Crippen molar-refractivity contribution in [3.05, 3.63) is 0 Å². The molecule has 1 rings (SSSR count). The van der Waals surface area contributed by atoms with E-state index in [2.05, 4.69) is 20.8 Å². The maximum atomic E-state index is 11.1. The highest BCUT2D eigenvalue weighted by atomic mass is 16.1. The van der Waals surface area contributed by atoms with Gasteiger partial charge in [0.25, 0.3) is 0 Å². The van der Waals surface area contributed by atoms with Crippen molar-refractivity contribution in [2.75, 3.05) is 0 Å². The first-order valence-corrected chi connectivity index (χ1v) is 5.50. The van der Waals surface area contributed by atoms with Crippen molar-refractivity contribution >= 4 is 6.29 Å². The smallest absolute Gasteiger partial charge is 0.126 e. The zero-order chi connectivity index (χ0) is 9.95. The molecule has 13 heavy (non-hydrogen) atoms. The highest BCUT2D eigenvalue weighted by Crippen LogP contribution is 2.46. The Morgan fingerprint density at radius 2 is 1.69 bits per heavy atom. The van der Waals surface area contributed by atoms with Crippen LogP contribution in [0.1, 0.15) is 59.3 Å². The Morgan fingerprint density at radius 1 is 1.15 bits per heavy atom. The van der Waals surface area contributed by atoms with Crippen molar-refractivity contribution in [2.45, 2.75) is 59.3 Å². The maximum Gasteiger partial charge on any atom is 0.126 e. The van der Waals surface area contributed by atoms with E-state index in [-0.39, 0.29) is 5.41 Å². The molecule has 0 spiro atoms. The molecule has 0 aliphatic heterocycles. The molecule has 0 aromatic heterocycles. The van der Waals surface area contributed by atoms with E-state index in [0.29, 0.717) is 5.41 Å². The molecule has 0 N–H and O–H groups in total. The standard InChI is InChI=1S/C12H22O/c1-4-5-12(10-13)8-6-11(2,3)7-9-12/h10H,4-9H2,1-3H3. The molecule has 0 atom stereocenters. The van der Waals surface area contributed by atoms with E-state index in [0.717, 1.165) is 25.7 Å². The van der Waals surface area contributed by atoms with Gasteiger partial charge in [-0.05, 0) is 37.5 Å². The molecule has 0 aromatic rings. The monoisotopic (exact) mass is 182 g/mol. The Balaban J connectivity index is 2.57. The average molecular weight is 182 g/mol. The first kappa shape index (κ1) is 10.7. The minimum atomic E-state index is 0.0459. The Labute approximate surface area is 81.9 Å². The van der Waals surface area contributed by atoms with Crippen molar-refractivity contribution < 1.29 is 4.79 Å². The number of carbonyl (C=O) groups is 1. The molecule has 0 radical (unpaired) electrons. The molecule has 1 aliphatic rings. The lowest BCUT2D eigenvalue weighted by molar-refractivity contribution is -0.119. The van der Waals surface area contributed by atoms with Crippen LogP contribution in [0.25, 0.3) is 0 Å². The van der Waals surface area contributed by atoms with Crippen molar-refractivity contribution in [1.29, 1.82) is 0 Å². The Kier molecular flexibility index (Phi) is 3.15. The maximum absolute atomic E-state index is 11.1. The van der Waals surface area contributed by atoms with Gasteiger partial charge < -0.3 is 4.79 Å². The minimum Gasteiger partial charge on any atom is -0.303 e. The Morgan fingerprint density at radius 3 is 2.08 bits per heavy atom. The van der Waals surface area contributed by atoms with Gasteiger partial charge in [-0.25, -0.2) is 0 Å². The molecular weight excluding hydrogens is 160 g/mol. The minimum absolute atomic E-state index is 0.0459. The predicted octanol–water partition coefficient (Wildman–Crippen LogP) is 3.57. The van der Waals surface area contributed by atoms with Gasteiger partial charge >= 0.3 is 0 Å². The van der Waals surface area contributed by atoms with E-state index in [1.807, 2.05) is 0 Å². The van der Waals surface area contributed by atoms with Crippen molar-refractivity contribution in [1.82, 2.24) is 0 Å². The highest BCUT2D eigenvalue weighted by Gasteiger charge is 2.37. The van der Waals surface area contributed by atoms with Gasteiger partial charge in [-0.3, -0.25) is 0 Å². The van der Waals surface area contributed by atoms with Gasteiger partial charge in [0.15, 0.2) is 0 Å². The summed E-state index contributed by atoms with van der Waals surface area (Å²) in [7, 11) is 0. The van der Waals surface area contributed by atoms with Crippen LogP contribution in [-0.4, -0.2) is 6.29 Å². The Bertz CT molecular complexity index is 172. The lowest BCUT2D eigenvalue weighted by Gasteiger charge is -2.40. The summed E-state index contributed by atoms with van der Waals surface area (Å²) in [5.41, 5.74) is 0.518. The lowest BCUT2D eigenvalue weighted by atomic mass is 9.64. The van der Waals surface area contributed by atoms with Gasteiger partial charge in [0.05, 0.1) is 0 Å². The van der Waals surface area contributed by atoms with Gasteiger partial charge in [-0.1, -0.05) is 27.2 Å². The third kappa shape index (κ3) is 2.55. The van der Waals surface area contributed by atoms with Crippen molar-refractivity contribution in [3.63, 3.8) is 0 Å². The summed E-state index contributed by atoms with van der Waals surface area (Å²) in [4.78, 5) is 11.1. The van der Waals surface area contributed by atoms with E-state index < -0.39 is 0 Å². The van der Waals surface area contributed by atoms with Crippen LogP contribution in [0, 0.1) is 10.8 Å². The van der Waals surface area contributed by atoms with Crippen LogP contribution in [0.3, 0.4) is 0 Å². The molecule has 1 aliphatic carbocycles. The fourth-order valence-electron chi connectivity index (χ4n) is 2.35. The van der Waals surface area contributed by atoms with Crippen LogP contribution in [0.5, 0.6) is 0 Å². The number of aldehydes is 1. The fourth-order valence-corrected chi connectivity index (χ4v) is 2.35. The summed E-state index contributed by atoms with van der Waals surface area (Å²) in [6.45, 7) is 6.80. The number of hydrogen-bond donors (Lipinski definition) is 0. The molecule has 1 saturated carbocycles. The second-order valence-corrected chi connectivity index (χ2v) is 5.39.